The molecular formula is C13H18O. The third-order valence-corrected chi connectivity index (χ3v) is 1.84. The lowest BCUT2D eigenvalue weighted by Gasteiger charge is -2.03. The van der Waals surface area contributed by atoms with Crippen LogP contribution in [0.15, 0.2) is 30.3 Å². The SMILES string of the molecule is CCOc1cccc(/C=C/C(C)C)c1. The van der Waals surface area contributed by atoms with Gasteiger partial charge in [-0.1, -0.05) is 38.1 Å². The summed E-state index contributed by atoms with van der Waals surface area (Å²) >= 11 is 0. The van der Waals surface area contributed by atoms with Gasteiger partial charge < -0.3 is 4.74 Å². The fraction of sp³-hybridized carbons (Fsp3) is 0.385. The van der Waals surface area contributed by atoms with Crippen LogP contribution in [0.25, 0.3) is 6.08 Å². The Morgan fingerprint density at radius 2 is 2.14 bits per heavy atom. The predicted molar refractivity (Wildman–Crippen MR) is 61.5 cm³/mol. The molecule has 0 aliphatic heterocycles. The molecule has 0 radical (unpaired) electrons. The van der Waals surface area contributed by atoms with Gasteiger partial charge in [0.1, 0.15) is 5.75 Å². The fourth-order valence-electron chi connectivity index (χ4n) is 1.18. The average molecular weight is 190 g/mol. The molecule has 0 saturated carbocycles. The van der Waals surface area contributed by atoms with Crippen LogP contribution in [-0.2, 0) is 0 Å². The minimum absolute atomic E-state index is 0.589. The predicted octanol–water partition coefficient (Wildman–Crippen LogP) is 3.75. The van der Waals surface area contributed by atoms with E-state index < -0.39 is 0 Å². The average Bonchev–Trinajstić information content (AvgIpc) is 2.16. The van der Waals surface area contributed by atoms with Crippen LogP contribution in [0.4, 0.5) is 0 Å². The van der Waals surface area contributed by atoms with Crippen molar-refractivity contribution in [3.8, 4) is 5.75 Å². The van der Waals surface area contributed by atoms with E-state index in [1.165, 1.54) is 5.56 Å². The first kappa shape index (κ1) is 10.8. The second kappa shape index (κ2) is 5.48. The highest BCUT2D eigenvalue weighted by molar-refractivity contribution is 5.51. The van der Waals surface area contributed by atoms with Crippen molar-refractivity contribution in [3.63, 3.8) is 0 Å². The van der Waals surface area contributed by atoms with Crippen LogP contribution < -0.4 is 4.74 Å². The summed E-state index contributed by atoms with van der Waals surface area (Å²) in [6, 6.07) is 8.14. The van der Waals surface area contributed by atoms with Crippen molar-refractivity contribution in [2.24, 2.45) is 5.92 Å². The molecule has 0 aliphatic carbocycles. The van der Waals surface area contributed by atoms with Crippen molar-refractivity contribution in [1.29, 1.82) is 0 Å². The van der Waals surface area contributed by atoms with Gasteiger partial charge in [0.25, 0.3) is 0 Å². The quantitative estimate of drug-likeness (QED) is 0.702. The van der Waals surface area contributed by atoms with Gasteiger partial charge >= 0.3 is 0 Å². The molecule has 1 nitrogen and oxygen atoms in total. The molecule has 76 valence electrons. The molecule has 1 rings (SSSR count). The Labute approximate surface area is 86.4 Å². The molecule has 0 atom stereocenters. The van der Waals surface area contributed by atoms with Gasteiger partial charge in [-0.3, -0.25) is 0 Å². The highest BCUT2D eigenvalue weighted by Gasteiger charge is 1.92. The summed E-state index contributed by atoms with van der Waals surface area (Å²) in [5, 5.41) is 0. The smallest absolute Gasteiger partial charge is 0.119 e. The van der Waals surface area contributed by atoms with Crippen molar-refractivity contribution >= 4 is 6.08 Å². The fourth-order valence-corrected chi connectivity index (χ4v) is 1.18. The van der Waals surface area contributed by atoms with E-state index in [9.17, 15) is 0 Å². The van der Waals surface area contributed by atoms with Gasteiger partial charge in [0.15, 0.2) is 0 Å². The summed E-state index contributed by atoms with van der Waals surface area (Å²) in [5.74, 6) is 1.53. The zero-order chi connectivity index (χ0) is 10.4. The Bertz CT molecular complexity index is 300. The molecule has 0 spiro atoms. The number of benzene rings is 1. The van der Waals surface area contributed by atoms with Gasteiger partial charge in [0.2, 0.25) is 0 Å². The second-order valence-corrected chi connectivity index (χ2v) is 3.61. The highest BCUT2D eigenvalue weighted by Crippen LogP contribution is 2.14. The Morgan fingerprint density at radius 3 is 2.79 bits per heavy atom. The van der Waals surface area contributed by atoms with Crippen LogP contribution in [0.3, 0.4) is 0 Å². The number of hydrogen-bond acceptors (Lipinski definition) is 1. The zero-order valence-corrected chi connectivity index (χ0v) is 9.16. The second-order valence-electron chi connectivity index (χ2n) is 3.61. The van der Waals surface area contributed by atoms with Crippen molar-refractivity contribution in [2.75, 3.05) is 6.61 Å². The van der Waals surface area contributed by atoms with E-state index in [0.717, 1.165) is 12.4 Å². The summed E-state index contributed by atoms with van der Waals surface area (Å²) in [6.45, 7) is 7.06. The first-order chi connectivity index (χ1) is 6.72. The molecule has 14 heavy (non-hydrogen) atoms. The van der Waals surface area contributed by atoms with Crippen LogP contribution in [-0.4, -0.2) is 6.61 Å². The van der Waals surface area contributed by atoms with Gasteiger partial charge in [-0.05, 0) is 30.5 Å². The lowest BCUT2D eigenvalue weighted by molar-refractivity contribution is 0.340. The summed E-state index contributed by atoms with van der Waals surface area (Å²) in [4.78, 5) is 0. The molecule has 0 amide bonds. The van der Waals surface area contributed by atoms with E-state index in [1.807, 2.05) is 19.1 Å². The van der Waals surface area contributed by atoms with Gasteiger partial charge in [0, 0.05) is 0 Å². The van der Waals surface area contributed by atoms with E-state index >= 15 is 0 Å². The molecule has 0 aromatic heterocycles. The van der Waals surface area contributed by atoms with Gasteiger partial charge in [-0.15, -0.1) is 0 Å². The van der Waals surface area contributed by atoms with Crippen molar-refractivity contribution in [2.45, 2.75) is 20.8 Å². The van der Waals surface area contributed by atoms with Crippen molar-refractivity contribution in [1.82, 2.24) is 0 Å². The van der Waals surface area contributed by atoms with Crippen LogP contribution in [0.1, 0.15) is 26.3 Å². The topological polar surface area (TPSA) is 9.23 Å². The van der Waals surface area contributed by atoms with Crippen molar-refractivity contribution < 1.29 is 4.74 Å². The zero-order valence-electron chi connectivity index (χ0n) is 9.16. The number of ether oxygens (including phenoxy) is 1. The lowest BCUT2D eigenvalue weighted by atomic mass is 10.1. The highest BCUT2D eigenvalue weighted by atomic mass is 16.5. The van der Waals surface area contributed by atoms with Crippen molar-refractivity contribution in [3.05, 3.63) is 35.9 Å². The van der Waals surface area contributed by atoms with Crippen LogP contribution >= 0.6 is 0 Å². The number of hydrogen-bond donors (Lipinski definition) is 0. The molecular weight excluding hydrogens is 172 g/mol. The standard InChI is InChI=1S/C13H18O/c1-4-14-13-7-5-6-12(10-13)9-8-11(2)3/h5-11H,4H2,1-3H3/b9-8+. The molecule has 0 bridgehead atoms. The van der Waals surface area contributed by atoms with Crippen LogP contribution in [0.5, 0.6) is 5.75 Å². The maximum Gasteiger partial charge on any atom is 0.119 e. The summed E-state index contributed by atoms with van der Waals surface area (Å²) in [6.07, 6.45) is 4.32. The maximum atomic E-state index is 5.42. The van der Waals surface area contributed by atoms with Crippen LogP contribution in [0.2, 0.25) is 0 Å². The third kappa shape index (κ3) is 3.65. The van der Waals surface area contributed by atoms with E-state index in [0.29, 0.717) is 5.92 Å². The van der Waals surface area contributed by atoms with Gasteiger partial charge in [0.05, 0.1) is 6.61 Å². The lowest BCUT2D eigenvalue weighted by Crippen LogP contribution is -1.90. The molecule has 0 N–H and O–H groups in total. The summed E-state index contributed by atoms with van der Waals surface area (Å²) < 4.78 is 5.42. The monoisotopic (exact) mass is 190 g/mol. The van der Waals surface area contributed by atoms with Gasteiger partial charge in [-0.2, -0.15) is 0 Å². The van der Waals surface area contributed by atoms with E-state index in [4.69, 9.17) is 4.74 Å². The molecule has 0 heterocycles. The minimum Gasteiger partial charge on any atom is -0.494 e. The van der Waals surface area contributed by atoms with Crippen LogP contribution in [0, 0.1) is 5.92 Å². The molecule has 1 aromatic carbocycles. The Hall–Kier alpha value is -1.24. The summed E-state index contributed by atoms with van der Waals surface area (Å²) in [7, 11) is 0. The maximum absolute atomic E-state index is 5.42. The van der Waals surface area contributed by atoms with Gasteiger partial charge in [-0.25, -0.2) is 0 Å². The Balaban J connectivity index is 2.73. The normalized spacial score (nSPS) is 11.1. The number of rotatable bonds is 4. The molecule has 0 saturated heterocycles. The molecule has 0 unspecified atom stereocenters. The first-order valence-electron chi connectivity index (χ1n) is 5.13. The minimum atomic E-state index is 0.589. The molecule has 0 fully saturated rings. The molecule has 0 aliphatic rings. The van der Waals surface area contributed by atoms with E-state index in [2.05, 4.69) is 38.1 Å². The van der Waals surface area contributed by atoms with E-state index in [-0.39, 0.29) is 0 Å². The first-order valence-corrected chi connectivity index (χ1v) is 5.13. The largest absolute Gasteiger partial charge is 0.494 e. The third-order valence-electron chi connectivity index (χ3n) is 1.84. The molecule has 1 heteroatoms. The number of allylic oxidation sites excluding steroid dienone is 1. The summed E-state index contributed by atoms with van der Waals surface area (Å²) in [5.41, 5.74) is 1.20. The Kier molecular flexibility index (Phi) is 4.24. The Morgan fingerprint density at radius 1 is 1.36 bits per heavy atom. The van der Waals surface area contributed by atoms with E-state index in [1.54, 1.807) is 0 Å². The molecule has 1 aromatic rings.